The largest absolute Gasteiger partial charge is 0.497 e. The van der Waals surface area contributed by atoms with E-state index < -0.39 is 0 Å². The maximum atomic E-state index is 12.2. The van der Waals surface area contributed by atoms with E-state index in [0.29, 0.717) is 16.6 Å². The number of anilines is 1. The Bertz CT molecular complexity index is 1020. The smallest absolute Gasteiger partial charge is 0.277 e. The maximum Gasteiger partial charge on any atom is 0.277 e. The van der Waals surface area contributed by atoms with Gasteiger partial charge in [-0.05, 0) is 42.5 Å². The van der Waals surface area contributed by atoms with Crippen molar-refractivity contribution in [2.75, 3.05) is 25.2 Å². The molecular weight excluding hydrogens is 416 g/mol. The van der Waals surface area contributed by atoms with E-state index in [9.17, 15) is 9.59 Å². The van der Waals surface area contributed by atoms with E-state index in [1.54, 1.807) is 43.5 Å². The molecule has 29 heavy (non-hydrogen) atoms. The van der Waals surface area contributed by atoms with Gasteiger partial charge in [-0.3, -0.25) is 9.59 Å². The van der Waals surface area contributed by atoms with Crippen LogP contribution in [0.25, 0.3) is 11.5 Å². The number of nitrogens with zero attached hydrogens (tertiary/aromatic N) is 2. The van der Waals surface area contributed by atoms with Crippen LogP contribution in [0.2, 0.25) is 5.02 Å². The molecule has 0 unspecified atom stereocenters. The first-order chi connectivity index (χ1) is 14.0. The van der Waals surface area contributed by atoms with Crippen LogP contribution >= 0.6 is 23.4 Å². The van der Waals surface area contributed by atoms with Gasteiger partial charge in [-0.15, -0.1) is 10.2 Å². The molecule has 0 saturated heterocycles. The zero-order valence-electron chi connectivity index (χ0n) is 15.6. The first-order valence-corrected chi connectivity index (χ1v) is 9.78. The van der Waals surface area contributed by atoms with Crippen molar-refractivity contribution in [3.8, 4) is 17.2 Å². The number of carbonyl (C=O) groups is 2. The molecule has 8 nitrogen and oxygen atoms in total. The summed E-state index contributed by atoms with van der Waals surface area (Å²) in [6.45, 7) is 0. The Balaban J connectivity index is 1.58. The number of ether oxygens (including phenoxy) is 1. The molecule has 3 aromatic rings. The third kappa shape index (κ3) is 5.27. The molecule has 3 rings (SSSR count). The molecule has 0 aliphatic rings. The van der Waals surface area contributed by atoms with Gasteiger partial charge in [-0.25, -0.2) is 0 Å². The number of nitrogens with one attached hydrogen (secondary N) is 2. The minimum Gasteiger partial charge on any atom is -0.497 e. The van der Waals surface area contributed by atoms with Gasteiger partial charge in [0.2, 0.25) is 11.8 Å². The molecule has 2 N–H and O–H groups in total. The summed E-state index contributed by atoms with van der Waals surface area (Å²) in [5, 5.41) is 13.7. The number of halogens is 1. The third-order valence-electron chi connectivity index (χ3n) is 3.79. The summed E-state index contributed by atoms with van der Waals surface area (Å²) >= 11 is 7.11. The number of hydrogen-bond donors (Lipinski definition) is 2. The highest BCUT2D eigenvalue weighted by atomic mass is 35.5. The molecule has 0 saturated carbocycles. The summed E-state index contributed by atoms with van der Waals surface area (Å²) in [5.74, 6) is 0.508. The van der Waals surface area contributed by atoms with Crippen LogP contribution in [0.1, 0.15) is 10.4 Å². The van der Waals surface area contributed by atoms with Crippen molar-refractivity contribution >= 4 is 40.9 Å². The topological polar surface area (TPSA) is 106 Å². The minimum atomic E-state index is -0.336. The Morgan fingerprint density at radius 3 is 2.62 bits per heavy atom. The monoisotopic (exact) mass is 432 g/mol. The van der Waals surface area contributed by atoms with Crippen molar-refractivity contribution in [1.29, 1.82) is 0 Å². The molecule has 0 spiro atoms. The Labute approximate surface area is 176 Å². The standard InChI is InChI=1S/C19H17ClN4O4S/c1-21-17(26)14-9-12(5-8-15(14)20)22-16(25)10-29-19-24-23-18(28-19)11-3-6-13(27-2)7-4-11/h3-9H,10H2,1-2H3,(H,21,26)(H,22,25). The van der Waals surface area contributed by atoms with Crippen molar-refractivity contribution in [1.82, 2.24) is 15.5 Å². The average Bonchev–Trinajstić information content (AvgIpc) is 3.22. The summed E-state index contributed by atoms with van der Waals surface area (Å²) in [6.07, 6.45) is 0. The van der Waals surface area contributed by atoms with E-state index in [1.807, 2.05) is 0 Å². The van der Waals surface area contributed by atoms with E-state index in [1.165, 1.54) is 13.1 Å². The fraction of sp³-hybridized carbons (Fsp3) is 0.158. The van der Waals surface area contributed by atoms with Crippen molar-refractivity contribution in [2.24, 2.45) is 0 Å². The van der Waals surface area contributed by atoms with Gasteiger partial charge in [-0.1, -0.05) is 23.4 Å². The number of carbonyl (C=O) groups excluding carboxylic acids is 2. The van der Waals surface area contributed by atoms with Gasteiger partial charge >= 0.3 is 0 Å². The number of thioether (sulfide) groups is 1. The number of hydrogen-bond acceptors (Lipinski definition) is 7. The van der Waals surface area contributed by atoms with E-state index in [4.69, 9.17) is 20.8 Å². The van der Waals surface area contributed by atoms with Gasteiger partial charge in [0.25, 0.3) is 11.1 Å². The normalized spacial score (nSPS) is 10.4. The molecule has 2 aromatic carbocycles. The molecule has 1 heterocycles. The van der Waals surface area contributed by atoms with Crippen LogP contribution in [-0.2, 0) is 4.79 Å². The first kappa shape index (κ1) is 20.7. The number of aromatic nitrogens is 2. The van der Waals surface area contributed by atoms with Crippen LogP contribution in [0.4, 0.5) is 5.69 Å². The molecule has 0 atom stereocenters. The second kappa shape index (κ2) is 9.44. The van der Waals surface area contributed by atoms with E-state index in [-0.39, 0.29) is 28.4 Å². The van der Waals surface area contributed by atoms with Crippen molar-refractivity contribution in [3.63, 3.8) is 0 Å². The van der Waals surface area contributed by atoms with Crippen LogP contribution in [0.5, 0.6) is 5.75 Å². The van der Waals surface area contributed by atoms with Crippen LogP contribution in [0.15, 0.2) is 52.1 Å². The average molecular weight is 433 g/mol. The van der Waals surface area contributed by atoms with E-state index in [0.717, 1.165) is 23.1 Å². The zero-order valence-corrected chi connectivity index (χ0v) is 17.1. The Morgan fingerprint density at radius 1 is 1.17 bits per heavy atom. The van der Waals surface area contributed by atoms with Crippen LogP contribution in [0.3, 0.4) is 0 Å². The van der Waals surface area contributed by atoms with Crippen LogP contribution in [0, 0.1) is 0 Å². The molecule has 10 heteroatoms. The summed E-state index contributed by atoms with van der Waals surface area (Å²) in [6, 6.07) is 11.9. The number of benzene rings is 2. The quantitative estimate of drug-likeness (QED) is 0.550. The SMILES string of the molecule is CNC(=O)c1cc(NC(=O)CSc2nnc(-c3ccc(OC)cc3)o2)ccc1Cl. The van der Waals surface area contributed by atoms with Crippen LogP contribution < -0.4 is 15.4 Å². The summed E-state index contributed by atoms with van der Waals surface area (Å²) in [4.78, 5) is 24.0. The van der Waals surface area contributed by atoms with Gasteiger partial charge in [0, 0.05) is 18.3 Å². The highest BCUT2D eigenvalue weighted by Crippen LogP contribution is 2.25. The molecule has 1 aromatic heterocycles. The number of amides is 2. The van der Waals surface area contributed by atoms with Crippen molar-refractivity contribution in [2.45, 2.75) is 5.22 Å². The third-order valence-corrected chi connectivity index (χ3v) is 4.94. The second-order valence-corrected chi connectivity index (χ2v) is 7.05. The van der Waals surface area contributed by atoms with Crippen LogP contribution in [-0.4, -0.2) is 41.9 Å². The Hall–Kier alpha value is -3.04. The van der Waals surface area contributed by atoms with Gasteiger partial charge in [0.05, 0.1) is 23.4 Å². The molecular formula is C19H17ClN4O4S. The lowest BCUT2D eigenvalue weighted by molar-refractivity contribution is -0.113. The number of methoxy groups -OCH3 is 1. The fourth-order valence-electron chi connectivity index (χ4n) is 2.35. The van der Waals surface area contributed by atoms with Gasteiger partial charge < -0.3 is 19.8 Å². The lowest BCUT2D eigenvalue weighted by Crippen LogP contribution is -2.19. The fourth-order valence-corrected chi connectivity index (χ4v) is 3.12. The van der Waals surface area contributed by atoms with Gasteiger partial charge in [0.15, 0.2) is 0 Å². The van der Waals surface area contributed by atoms with Crippen molar-refractivity contribution in [3.05, 3.63) is 53.1 Å². The maximum absolute atomic E-state index is 12.2. The summed E-state index contributed by atoms with van der Waals surface area (Å²) in [7, 11) is 3.09. The van der Waals surface area contributed by atoms with E-state index >= 15 is 0 Å². The highest BCUT2D eigenvalue weighted by Gasteiger charge is 2.13. The highest BCUT2D eigenvalue weighted by molar-refractivity contribution is 7.99. The predicted molar refractivity (Wildman–Crippen MR) is 110 cm³/mol. The number of rotatable bonds is 7. The molecule has 0 aliphatic heterocycles. The molecule has 0 fully saturated rings. The molecule has 2 amide bonds. The van der Waals surface area contributed by atoms with E-state index in [2.05, 4.69) is 20.8 Å². The molecule has 0 aliphatic carbocycles. The molecule has 0 radical (unpaired) electrons. The lowest BCUT2D eigenvalue weighted by Gasteiger charge is -2.08. The lowest BCUT2D eigenvalue weighted by atomic mass is 10.2. The molecule has 150 valence electrons. The first-order valence-electron chi connectivity index (χ1n) is 8.42. The Morgan fingerprint density at radius 2 is 1.93 bits per heavy atom. The Kier molecular flexibility index (Phi) is 6.73. The summed E-state index contributed by atoms with van der Waals surface area (Å²) < 4.78 is 10.7. The second-order valence-electron chi connectivity index (χ2n) is 5.71. The predicted octanol–water partition coefficient (Wildman–Crippen LogP) is 3.49. The van der Waals surface area contributed by atoms with Crippen molar-refractivity contribution < 1.29 is 18.7 Å². The minimum absolute atomic E-state index is 0.0577. The molecule has 0 bridgehead atoms. The van der Waals surface area contributed by atoms with Gasteiger partial charge in [-0.2, -0.15) is 0 Å². The zero-order chi connectivity index (χ0) is 20.8. The summed E-state index contributed by atoms with van der Waals surface area (Å²) in [5.41, 5.74) is 1.49. The van der Waals surface area contributed by atoms with Gasteiger partial charge in [0.1, 0.15) is 5.75 Å².